The van der Waals surface area contributed by atoms with Crippen molar-refractivity contribution >= 4 is 16.9 Å². The number of carboxylic acid groups (broad SMARTS) is 1. The summed E-state index contributed by atoms with van der Waals surface area (Å²) >= 11 is 0. The third-order valence-electron chi connectivity index (χ3n) is 6.44. The topological polar surface area (TPSA) is 99.9 Å². The van der Waals surface area contributed by atoms with E-state index in [9.17, 15) is 15.0 Å². The standard InChI is InChI=1S/C30H31NO5/c1-36-25-15-12-23(13-16-25)28(32)5-3-2-4-20-6-9-22-14-17-26(31-27(22)18-20)29(33)19-21-7-10-24(11-8-21)30(34)35/h6-18,28-29,32-33H,2-5,19H2,1H3,(H,34,35). The maximum atomic E-state index is 11.0. The highest BCUT2D eigenvalue weighted by Crippen LogP contribution is 2.24. The Bertz CT molecular complexity index is 1300. The highest BCUT2D eigenvalue weighted by molar-refractivity contribution is 5.87. The predicted molar refractivity (Wildman–Crippen MR) is 139 cm³/mol. The Morgan fingerprint density at radius 1 is 0.861 bits per heavy atom. The van der Waals surface area contributed by atoms with Crippen LogP contribution >= 0.6 is 0 Å². The molecule has 3 aromatic carbocycles. The minimum absolute atomic E-state index is 0.222. The molecule has 0 aliphatic rings. The van der Waals surface area contributed by atoms with E-state index >= 15 is 0 Å². The van der Waals surface area contributed by atoms with Gasteiger partial charge in [-0.15, -0.1) is 0 Å². The molecule has 6 heteroatoms. The van der Waals surface area contributed by atoms with E-state index in [0.29, 0.717) is 18.5 Å². The maximum Gasteiger partial charge on any atom is 0.335 e. The van der Waals surface area contributed by atoms with Gasteiger partial charge in [0.25, 0.3) is 0 Å². The van der Waals surface area contributed by atoms with Crippen molar-refractivity contribution < 1.29 is 24.9 Å². The summed E-state index contributed by atoms with van der Waals surface area (Å²) in [7, 11) is 1.63. The highest BCUT2D eigenvalue weighted by atomic mass is 16.5. The summed E-state index contributed by atoms with van der Waals surface area (Å²) in [6, 6.07) is 24.0. The van der Waals surface area contributed by atoms with Crippen molar-refractivity contribution in [3.05, 3.63) is 107 Å². The minimum Gasteiger partial charge on any atom is -0.497 e. The first-order valence-electron chi connectivity index (χ1n) is 12.1. The van der Waals surface area contributed by atoms with Gasteiger partial charge in [-0.05, 0) is 72.4 Å². The molecular formula is C30H31NO5. The van der Waals surface area contributed by atoms with Crippen LogP contribution in [0.2, 0.25) is 0 Å². The number of carboxylic acids is 1. The second-order valence-electron chi connectivity index (χ2n) is 9.02. The molecule has 1 aromatic heterocycles. The third kappa shape index (κ3) is 6.47. The van der Waals surface area contributed by atoms with Gasteiger partial charge >= 0.3 is 5.97 Å². The summed E-state index contributed by atoms with van der Waals surface area (Å²) in [6.07, 6.45) is 2.52. The zero-order valence-electron chi connectivity index (χ0n) is 20.3. The van der Waals surface area contributed by atoms with Crippen LogP contribution in [-0.2, 0) is 12.8 Å². The molecule has 0 amide bonds. The van der Waals surface area contributed by atoms with Crippen LogP contribution in [0.15, 0.2) is 78.9 Å². The number of aryl methyl sites for hydroxylation is 1. The van der Waals surface area contributed by atoms with Crippen LogP contribution in [0.1, 0.15) is 64.2 Å². The lowest BCUT2D eigenvalue weighted by Crippen LogP contribution is -2.05. The molecule has 0 bridgehead atoms. The second-order valence-corrected chi connectivity index (χ2v) is 9.02. The van der Waals surface area contributed by atoms with Gasteiger partial charge in [0, 0.05) is 11.8 Å². The molecule has 0 aliphatic carbocycles. The van der Waals surface area contributed by atoms with Crippen LogP contribution in [0, 0.1) is 0 Å². The Morgan fingerprint density at radius 3 is 2.25 bits per heavy atom. The number of rotatable bonds is 11. The van der Waals surface area contributed by atoms with Gasteiger partial charge in [0.1, 0.15) is 5.75 Å². The molecule has 6 nitrogen and oxygen atoms in total. The molecular weight excluding hydrogens is 454 g/mol. The number of ether oxygens (including phenoxy) is 1. The molecule has 4 rings (SSSR count). The Morgan fingerprint density at radius 2 is 1.56 bits per heavy atom. The fraction of sp³-hybridized carbons (Fsp3) is 0.267. The van der Waals surface area contributed by atoms with Gasteiger partial charge in [-0.1, -0.05) is 48.9 Å². The van der Waals surface area contributed by atoms with E-state index in [2.05, 4.69) is 12.1 Å². The van der Waals surface area contributed by atoms with Crippen LogP contribution < -0.4 is 4.74 Å². The van der Waals surface area contributed by atoms with Crippen LogP contribution in [0.5, 0.6) is 5.75 Å². The summed E-state index contributed by atoms with van der Waals surface area (Å²) in [4.78, 5) is 15.7. The van der Waals surface area contributed by atoms with E-state index in [-0.39, 0.29) is 5.56 Å². The number of hydrogen-bond donors (Lipinski definition) is 3. The Kier molecular flexibility index (Phi) is 8.31. The van der Waals surface area contributed by atoms with E-state index in [0.717, 1.165) is 47.0 Å². The second kappa shape index (κ2) is 11.8. The highest BCUT2D eigenvalue weighted by Gasteiger charge is 2.13. The first kappa shape index (κ1) is 25.4. The van der Waals surface area contributed by atoms with Crippen LogP contribution in [0.25, 0.3) is 10.9 Å². The number of carbonyl (C=O) groups is 1. The Hall–Kier alpha value is -3.74. The van der Waals surface area contributed by atoms with Crippen molar-refractivity contribution in [2.75, 3.05) is 7.11 Å². The Labute approximate surface area is 210 Å². The average Bonchev–Trinajstić information content (AvgIpc) is 2.90. The van der Waals surface area contributed by atoms with Gasteiger partial charge < -0.3 is 20.1 Å². The molecule has 0 spiro atoms. The zero-order valence-corrected chi connectivity index (χ0v) is 20.3. The van der Waals surface area contributed by atoms with Crippen molar-refractivity contribution in [1.29, 1.82) is 0 Å². The number of hydrogen-bond acceptors (Lipinski definition) is 5. The van der Waals surface area contributed by atoms with Gasteiger partial charge in [-0.25, -0.2) is 4.79 Å². The summed E-state index contributed by atoms with van der Waals surface area (Å²) in [5.41, 5.74) is 4.56. The summed E-state index contributed by atoms with van der Waals surface area (Å²) in [5, 5.41) is 31.2. The lowest BCUT2D eigenvalue weighted by atomic mass is 10.00. The number of unbranched alkanes of at least 4 members (excludes halogenated alkanes) is 1. The first-order valence-corrected chi connectivity index (χ1v) is 12.1. The fourth-order valence-electron chi connectivity index (χ4n) is 4.29. The number of methoxy groups -OCH3 is 1. The number of aromatic nitrogens is 1. The molecule has 4 aromatic rings. The quantitative estimate of drug-likeness (QED) is 0.237. The molecule has 36 heavy (non-hydrogen) atoms. The maximum absolute atomic E-state index is 11.0. The monoisotopic (exact) mass is 485 g/mol. The van der Waals surface area contributed by atoms with E-state index in [4.69, 9.17) is 14.8 Å². The Balaban J connectivity index is 1.33. The summed E-state index contributed by atoms with van der Waals surface area (Å²) in [6.45, 7) is 0. The fourth-order valence-corrected chi connectivity index (χ4v) is 4.29. The van der Waals surface area contributed by atoms with Gasteiger partial charge in [0.15, 0.2) is 0 Å². The van der Waals surface area contributed by atoms with E-state index < -0.39 is 18.2 Å². The van der Waals surface area contributed by atoms with Crippen molar-refractivity contribution in [3.8, 4) is 5.75 Å². The summed E-state index contributed by atoms with van der Waals surface area (Å²) < 4.78 is 5.17. The number of aliphatic hydroxyl groups is 2. The number of aromatic carboxylic acids is 1. The zero-order chi connectivity index (χ0) is 25.5. The number of pyridine rings is 1. The third-order valence-corrected chi connectivity index (χ3v) is 6.44. The van der Waals surface area contributed by atoms with Crippen molar-refractivity contribution in [1.82, 2.24) is 4.98 Å². The van der Waals surface area contributed by atoms with Gasteiger partial charge in [-0.3, -0.25) is 4.98 Å². The van der Waals surface area contributed by atoms with Crippen LogP contribution in [0.3, 0.4) is 0 Å². The molecule has 0 saturated carbocycles. The molecule has 2 unspecified atom stereocenters. The van der Waals surface area contributed by atoms with E-state index in [1.165, 1.54) is 5.56 Å². The molecule has 3 N–H and O–H groups in total. The smallest absolute Gasteiger partial charge is 0.335 e. The van der Waals surface area contributed by atoms with Crippen molar-refractivity contribution in [3.63, 3.8) is 0 Å². The largest absolute Gasteiger partial charge is 0.497 e. The van der Waals surface area contributed by atoms with E-state index in [1.54, 1.807) is 31.4 Å². The minimum atomic E-state index is -0.970. The normalized spacial score (nSPS) is 12.9. The van der Waals surface area contributed by atoms with Crippen molar-refractivity contribution in [2.45, 2.75) is 44.3 Å². The average molecular weight is 486 g/mol. The molecule has 0 radical (unpaired) electrons. The van der Waals surface area contributed by atoms with E-state index in [1.807, 2.05) is 42.5 Å². The number of nitrogens with zero attached hydrogens (tertiary/aromatic N) is 1. The molecule has 0 fully saturated rings. The van der Waals surface area contributed by atoms with Gasteiger partial charge in [-0.2, -0.15) is 0 Å². The summed E-state index contributed by atoms with van der Waals surface area (Å²) in [5.74, 6) is -0.191. The number of fused-ring (bicyclic) bond motifs is 1. The molecule has 0 saturated heterocycles. The van der Waals surface area contributed by atoms with Gasteiger partial charge in [0.2, 0.25) is 0 Å². The van der Waals surface area contributed by atoms with Gasteiger partial charge in [0.05, 0.1) is 36.1 Å². The lowest BCUT2D eigenvalue weighted by Gasteiger charge is -2.13. The van der Waals surface area contributed by atoms with Crippen molar-refractivity contribution in [2.24, 2.45) is 0 Å². The molecule has 186 valence electrons. The number of aliphatic hydroxyl groups excluding tert-OH is 2. The molecule has 2 atom stereocenters. The number of benzene rings is 3. The predicted octanol–water partition coefficient (Wildman–Crippen LogP) is 5.66. The SMILES string of the molecule is COc1ccc(C(O)CCCCc2ccc3ccc(C(O)Cc4ccc(C(=O)O)cc4)nc3c2)cc1. The lowest BCUT2D eigenvalue weighted by molar-refractivity contribution is 0.0697. The van der Waals surface area contributed by atoms with Crippen LogP contribution in [0.4, 0.5) is 0 Å². The molecule has 0 aliphatic heterocycles. The first-order chi connectivity index (χ1) is 17.4. The molecule has 1 heterocycles. The van der Waals surface area contributed by atoms with Crippen LogP contribution in [-0.4, -0.2) is 33.4 Å².